The lowest BCUT2D eigenvalue weighted by molar-refractivity contribution is -0.119. The van der Waals surface area contributed by atoms with Gasteiger partial charge in [-0.25, -0.2) is 13.8 Å². The zero-order valence-electron chi connectivity index (χ0n) is 20.3. The molecule has 0 saturated carbocycles. The van der Waals surface area contributed by atoms with Crippen LogP contribution in [0.15, 0.2) is 71.8 Å². The molecule has 0 aromatic heterocycles. The van der Waals surface area contributed by atoms with E-state index in [-0.39, 0.29) is 0 Å². The lowest BCUT2D eigenvalue weighted by atomic mass is 10.2. The number of hydrogen-bond acceptors (Lipinski definition) is 8. The molecule has 0 aliphatic rings. The molecule has 0 spiro atoms. The Hall–Kier alpha value is -4.25. The molecule has 3 aromatic carbocycles. The van der Waals surface area contributed by atoms with Crippen LogP contribution in [0, 0.1) is 0 Å². The van der Waals surface area contributed by atoms with Crippen molar-refractivity contribution in [3.8, 4) is 28.7 Å². The van der Waals surface area contributed by atoms with Crippen LogP contribution in [0.1, 0.15) is 5.56 Å². The Labute approximate surface area is 210 Å². The van der Waals surface area contributed by atoms with Crippen molar-refractivity contribution in [3.05, 3.63) is 72.3 Å². The number of hydrazone groups is 1. The summed E-state index contributed by atoms with van der Waals surface area (Å²) in [6, 6.07) is 18.9. The third-order valence-corrected chi connectivity index (χ3v) is 6.02. The van der Waals surface area contributed by atoms with Gasteiger partial charge < -0.3 is 18.9 Å². The molecule has 0 radical (unpaired) electrons. The normalized spacial score (nSPS) is 11.1. The number of carbonyl (C=O) groups excluding carboxylic acids is 1. The summed E-state index contributed by atoms with van der Waals surface area (Å²) in [7, 11) is 0.709. The van der Waals surface area contributed by atoms with Crippen molar-refractivity contribution in [1.29, 1.82) is 0 Å². The number of para-hydroxylation sites is 1. The van der Waals surface area contributed by atoms with Gasteiger partial charge >= 0.3 is 0 Å². The highest BCUT2D eigenvalue weighted by Crippen LogP contribution is 2.37. The quantitative estimate of drug-likeness (QED) is 0.309. The first-order valence-corrected chi connectivity index (χ1v) is 12.5. The van der Waals surface area contributed by atoms with Crippen molar-refractivity contribution in [2.45, 2.75) is 0 Å². The fourth-order valence-corrected chi connectivity index (χ4v) is 4.08. The lowest BCUT2D eigenvalue weighted by Gasteiger charge is -2.21. The molecule has 0 aliphatic heterocycles. The Morgan fingerprint density at radius 3 is 2.03 bits per heavy atom. The van der Waals surface area contributed by atoms with E-state index in [0.717, 1.165) is 10.6 Å². The first-order chi connectivity index (χ1) is 17.2. The van der Waals surface area contributed by atoms with E-state index in [2.05, 4.69) is 10.5 Å². The average molecular weight is 514 g/mol. The summed E-state index contributed by atoms with van der Waals surface area (Å²) in [5.74, 6) is 1.81. The molecular formula is C25H27N3O7S. The van der Waals surface area contributed by atoms with E-state index in [1.165, 1.54) is 27.5 Å². The van der Waals surface area contributed by atoms with E-state index in [4.69, 9.17) is 18.9 Å². The highest BCUT2D eigenvalue weighted by molar-refractivity contribution is 7.92. The molecule has 1 N–H and O–H groups in total. The van der Waals surface area contributed by atoms with E-state index < -0.39 is 22.5 Å². The summed E-state index contributed by atoms with van der Waals surface area (Å²) >= 11 is 0. The van der Waals surface area contributed by atoms with Crippen molar-refractivity contribution in [2.24, 2.45) is 5.10 Å². The van der Waals surface area contributed by atoms with Gasteiger partial charge in [-0.15, -0.1) is 0 Å². The zero-order valence-corrected chi connectivity index (χ0v) is 21.1. The van der Waals surface area contributed by atoms with E-state index in [1.54, 1.807) is 48.5 Å². The minimum absolute atomic E-state index is 0.307. The number of ether oxygens (including phenoxy) is 4. The smallest absolute Gasteiger partial charge is 0.260 e. The van der Waals surface area contributed by atoms with Crippen LogP contribution in [-0.4, -0.2) is 54.7 Å². The summed E-state index contributed by atoms with van der Waals surface area (Å²) in [5.41, 5.74) is 3.21. The maximum Gasteiger partial charge on any atom is 0.260 e. The van der Waals surface area contributed by atoms with E-state index in [0.29, 0.717) is 40.0 Å². The molecule has 36 heavy (non-hydrogen) atoms. The van der Waals surface area contributed by atoms with Crippen molar-refractivity contribution in [1.82, 2.24) is 5.43 Å². The number of benzene rings is 3. The fraction of sp³-hybridized carbons (Fsp3) is 0.200. The number of anilines is 1. The van der Waals surface area contributed by atoms with Gasteiger partial charge in [-0.1, -0.05) is 18.2 Å². The second-order valence-corrected chi connectivity index (χ2v) is 9.34. The Morgan fingerprint density at radius 2 is 1.50 bits per heavy atom. The molecule has 0 heterocycles. The first kappa shape index (κ1) is 26.4. The summed E-state index contributed by atoms with van der Waals surface area (Å²) < 4.78 is 47.3. The minimum atomic E-state index is -3.75. The second-order valence-electron chi connectivity index (χ2n) is 7.43. The number of sulfonamides is 1. The van der Waals surface area contributed by atoms with Crippen LogP contribution in [0.5, 0.6) is 28.7 Å². The zero-order chi connectivity index (χ0) is 26.1. The van der Waals surface area contributed by atoms with Gasteiger partial charge in [0.25, 0.3) is 5.91 Å². The van der Waals surface area contributed by atoms with Gasteiger partial charge in [-0.3, -0.25) is 9.10 Å². The Kier molecular flexibility index (Phi) is 8.74. The summed E-state index contributed by atoms with van der Waals surface area (Å²) in [6.07, 6.45) is 2.40. The lowest BCUT2D eigenvalue weighted by Crippen LogP contribution is -2.39. The van der Waals surface area contributed by atoms with Crippen LogP contribution >= 0.6 is 0 Å². The monoisotopic (exact) mass is 513 g/mol. The van der Waals surface area contributed by atoms with Crippen molar-refractivity contribution >= 4 is 27.8 Å². The van der Waals surface area contributed by atoms with Crippen molar-refractivity contribution in [3.63, 3.8) is 0 Å². The third-order valence-electron chi connectivity index (χ3n) is 4.88. The van der Waals surface area contributed by atoms with Gasteiger partial charge in [0.1, 0.15) is 18.0 Å². The minimum Gasteiger partial charge on any atom is -0.493 e. The molecule has 10 nitrogen and oxygen atoms in total. The molecule has 11 heteroatoms. The highest BCUT2D eigenvalue weighted by atomic mass is 32.2. The SMILES string of the molecule is COc1cc(/C=N\NC(=O)CN(c2ccc(Oc3ccccc3)cc2)S(C)(=O)=O)cc(OC)c1OC. The van der Waals surface area contributed by atoms with Crippen molar-refractivity contribution in [2.75, 3.05) is 38.4 Å². The second kappa shape index (κ2) is 11.9. The van der Waals surface area contributed by atoms with E-state index in [1.807, 2.05) is 18.2 Å². The maximum absolute atomic E-state index is 12.5. The molecule has 0 atom stereocenters. The number of carbonyl (C=O) groups is 1. The molecule has 0 saturated heterocycles. The first-order valence-electron chi connectivity index (χ1n) is 10.7. The van der Waals surface area contributed by atoms with Gasteiger partial charge in [0, 0.05) is 5.56 Å². The molecule has 0 aliphatic carbocycles. The molecule has 1 amide bonds. The van der Waals surface area contributed by atoms with Crippen LogP contribution in [0.4, 0.5) is 5.69 Å². The molecule has 3 aromatic rings. The number of methoxy groups -OCH3 is 3. The van der Waals surface area contributed by atoms with Gasteiger partial charge in [-0.2, -0.15) is 5.10 Å². The standard InChI is InChI=1S/C25H27N3O7S/c1-32-22-14-18(15-23(33-2)25(22)34-3)16-26-27-24(29)17-28(36(4,30)31)19-10-12-21(13-11-19)35-20-8-6-5-7-9-20/h5-16H,17H2,1-4H3,(H,27,29)/b26-16-. The third kappa shape index (κ3) is 6.89. The van der Waals surface area contributed by atoms with Gasteiger partial charge in [0.15, 0.2) is 11.5 Å². The van der Waals surface area contributed by atoms with E-state index in [9.17, 15) is 13.2 Å². The molecule has 0 unspecified atom stereocenters. The predicted octanol–water partition coefficient (Wildman–Crippen LogP) is 3.42. The topological polar surface area (TPSA) is 116 Å². The summed E-state index contributed by atoms with van der Waals surface area (Å²) in [4.78, 5) is 12.5. The van der Waals surface area contributed by atoms with Crippen LogP contribution < -0.4 is 28.7 Å². The van der Waals surface area contributed by atoms with Crippen LogP contribution in [0.2, 0.25) is 0 Å². The Morgan fingerprint density at radius 1 is 0.917 bits per heavy atom. The van der Waals surface area contributed by atoms with Gasteiger partial charge in [-0.05, 0) is 48.5 Å². The average Bonchev–Trinajstić information content (AvgIpc) is 2.87. The van der Waals surface area contributed by atoms with Crippen LogP contribution in [0.25, 0.3) is 0 Å². The number of nitrogens with one attached hydrogen (secondary N) is 1. The molecular weight excluding hydrogens is 486 g/mol. The Bertz CT molecular complexity index is 1290. The van der Waals surface area contributed by atoms with Gasteiger partial charge in [0.2, 0.25) is 15.8 Å². The molecule has 190 valence electrons. The number of amides is 1. The number of nitrogens with zero attached hydrogens (tertiary/aromatic N) is 2. The van der Waals surface area contributed by atoms with Crippen LogP contribution in [0.3, 0.4) is 0 Å². The van der Waals surface area contributed by atoms with Crippen LogP contribution in [-0.2, 0) is 14.8 Å². The van der Waals surface area contributed by atoms with Crippen molar-refractivity contribution < 1.29 is 32.2 Å². The fourth-order valence-electron chi connectivity index (χ4n) is 3.23. The molecule has 0 bridgehead atoms. The largest absolute Gasteiger partial charge is 0.493 e. The van der Waals surface area contributed by atoms with E-state index >= 15 is 0 Å². The maximum atomic E-state index is 12.5. The summed E-state index contributed by atoms with van der Waals surface area (Å²) in [5, 5.41) is 3.92. The van der Waals surface area contributed by atoms with Gasteiger partial charge in [0.05, 0.1) is 39.5 Å². The highest BCUT2D eigenvalue weighted by Gasteiger charge is 2.21. The predicted molar refractivity (Wildman–Crippen MR) is 137 cm³/mol. The summed E-state index contributed by atoms with van der Waals surface area (Å²) in [6.45, 7) is -0.468. The molecule has 0 fully saturated rings. The molecule has 3 rings (SSSR count). The number of hydrogen-bond donors (Lipinski definition) is 1. The Balaban J connectivity index is 1.69. The number of rotatable bonds is 11.